The fraction of sp³-hybridized carbons (Fsp3) is 0. The summed E-state index contributed by atoms with van der Waals surface area (Å²) >= 11 is 1.92. The van der Waals surface area contributed by atoms with Crippen LogP contribution in [-0.2, 0) is 10.1 Å². The van der Waals surface area contributed by atoms with Gasteiger partial charge in [-0.2, -0.15) is 8.42 Å². The Hall–Kier alpha value is -1.18. The van der Waals surface area contributed by atoms with Crippen molar-refractivity contribution in [3.05, 3.63) is 52.1 Å². The zero-order valence-electron chi connectivity index (χ0n) is 9.67. The lowest BCUT2D eigenvalue weighted by Crippen LogP contribution is -2.02. The average Bonchev–Trinajstić information content (AvgIpc) is 2.34. The summed E-state index contributed by atoms with van der Waals surface area (Å²) in [5.74, 6) is 0. The molecule has 0 bridgehead atoms. The van der Waals surface area contributed by atoms with Crippen LogP contribution in [-0.4, -0.2) is 13.0 Å². The normalized spacial score (nSPS) is 12.1. The first-order valence-electron chi connectivity index (χ1n) is 5.55. The molecule has 19 heavy (non-hydrogen) atoms. The fourth-order valence-corrected chi connectivity index (χ4v) is 4.30. The average molecular weight is 384 g/mol. The Morgan fingerprint density at radius 3 is 2.16 bits per heavy atom. The second kappa shape index (κ2) is 4.43. The largest absolute Gasteiger partial charge is 0.296 e. The van der Waals surface area contributed by atoms with Gasteiger partial charge in [0, 0.05) is 8.96 Å². The van der Waals surface area contributed by atoms with Crippen LogP contribution in [0.15, 0.2) is 53.4 Å². The van der Waals surface area contributed by atoms with Gasteiger partial charge in [0.15, 0.2) is 0 Å². The molecule has 3 rings (SSSR count). The van der Waals surface area contributed by atoms with E-state index in [9.17, 15) is 13.0 Å². The number of benzene rings is 3. The first kappa shape index (κ1) is 12.8. The molecule has 5 heteroatoms. The highest BCUT2D eigenvalue weighted by Gasteiger charge is 2.18. The lowest BCUT2D eigenvalue weighted by Gasteiger charge is -2.08. The fourth-order valence-electron chi connectivity index (χ4n) is 2.22. The van der Waals surface area contributed by atoms with Crippen molar-refractivity contribution in [2.24, 2.45) is 0 Å². The second-order valence-corrected chi connectivity index (χ2v) is 6.79. The molecule has 3 aromatic carbocycles. The van der Waals surface area contributed by atoms with Crippen LogP contribution in [0.2, 0.25) is 0 Å². The molecule has 3 aromatic rings. The van der Waals surface area contributed by atoms with Crippen molar-refractivity contribution < 1.29 is 13.0 Å². The minimum Gasteiger partial charge on any atom is -0.282 e. The molecule has 0 radical (unpaired) electrons. The highest BCUT2D eigenvalue weighted by Crippen LogP contribution is 2.31. The smallest absolute Gasteiger partial charge is 0.282 e. The summed E-state index contributed by atoms with van der Waals surface area (Å²) in [6.45, 7) is 0. The molecule has 0 fully saturated rings. The van der Waals surface area contributed by atoms with Crippen molar-refractivity contribution in [3.63, 3.8) is 0 Å². The Morgan fingerprint density at radius 2 is 1.53 bits per heavy atom. The van der Waals surface area contributed by atoms with Crippen LogP contribution in [0.3, 0.4) is 0 Å². The molecule has 1 N–H and O–H groups in total. The predicted molar refractivity (Wildman–Crippen MR) is 84.0 cm³/mol. The van der Waals surface area contributed by atoms with Gasteiger partial charge in [0.1, 0.15) is 4.90 Å². The third-order valence-corrected chi connectivity index (χ3v) is 5.27. The third-order valence-electron chi connectivity index (χ3n) is 3.05. The van der Waals surface area contributed by atoms with E-state index in [4.69, 9.17) is 0 Å². The topological polar surface area (TPSA) is 54.4 Å². The Labute approximate surface area is 124 Å². The molecule has 0 aliphatic heterocycles. The van der Waals surface area contributed by atoms with E-state index in [1.807, 2.05) is 59.0 Å². The van der Waals surface area contributed by atoms with Crippen LogP contribution in [0.4, 0.5) is 0 Å². The predicted octanol–water partition coefficient (Wildman–Crippen LogP) is 3.84. The Kier molecular flexibility index (Phi) is 2.99. The summed E-state index contributed by atoms with van der Waals surface area (Å²) in [7, 11) is -4.24. The van der Waals surface area contributed by atoms with Gasteiger partial charge in [-0.3, -0.25) is 4.55 Å². The van der Waals surface area contributed by atoms with Crippen molar-refractivity contribution in [1.29, 1.82) is 0 Å². The van der Waals surface area contributed by atoms with Crippen LogP contribution in [0.1, 0.15) is 0 Å². The lowest BCUT2D eigenvalue weighted by atomic mass is 10.0. The zero-order chi connectivity index (χ0) is 13.6. The Bertz CT molecular complexity index is 901. The summed E-state index contributed by atoms with van der Waals surface area (Å²) in [6, 6.07) is 15.0. The maximum atomic E-state index is 11.6. The molecule has 0 aliphatic rings. The van der Waals surface area contributed by atoms with Crippen LogP contribution >= 0.6 is 22.6 Å². The van der Waals surface area contributed by atoms with E-state index in [0.717, 1.165) is 16.2 Å². The summed E-state index contributed by atoms with van der Waals surface area (Å²) in [5, 5.41) is 3.33. The van der Waals surface area contributed by atoms with Crippen molar-refractivity contribution in [2.45, 2.75) is 4.90 Å². The highest BCUT2D eigenvalue weighted by molar-refractivity contribution is 14.1. The first-order chi connectivity index (χ1) is 8.97. The van der Waals surface area contributed by atoms with E-state index in [-0.39, 0.29) is 4.90 Å². The van der Waals surface area contributed by atoms with E-state index >= 15 is 0 Å². The van der Waals surface area contributed by atoms with Crippen LogP contribution in [0.5, 0.6) is 0 Å². The van der Waals surface area contributed by atoms with Gasteiger partial charge < -0.3 is 0 Å². The Morgan fingerprint density at radius 1 is 0.895 bits per heavy atom. The van der Waals surface area contributed by atoms with Gasteiger partial charge in [-0.1, -0.05) is 30.3 Å². The van der Waals surface area contributed by atoms with Crippen LogP contribution in [0, 0.1) is 3.57 Å². The van der Waals surface area contributed by atoms with Crippen molar-refractivity contribution in [2.75, 3.05) is 0 Å². The molecule has 0 aromatic heterocycles. The number of hydrogen-bond acceptors (Lipinski definition) is 2. The maximum absolute atomic E-state index is 11.6. The van der Waals surface area contributed by atoms with Gasteiger partial charge in [-0.05, 0) is 56.9 Å². The minimum atomic E-state index is -4.24. The highest BCUT2D eigenvalue weighted by atomic mass is 127. The van der Waals surface area contributed by atoms with Crippen molar-refractivity contribution in [3.8, 4) is 0 Å². The molecule has 0 spiro atoms. The first-order valence-corrected chi connectivity index (χ1v) is 8.07. The molecule has 0 amide bonds. The van der Waals surface area contributed by atoms with Gasteiger partial charge in [0.05, 0.1) is 0 Å². The maximum Gasteiger partial charge on any atom is 0.296 e. The van der Waals surface area contributed by atoms with Gasteiger partial charge in [-0.25, -0.2) is 0 Å². The molecular formula is C14H9IO3S. The third kappa shape index (κ3) is 2.22. The van der Waals surface area contributed by atoms with Gasteiger partial charge >= 0.3 is 0 Å². The lowest BCUT2D eigenvalue weighted by molar-refractivity contribution is 0.483. The van der Waals surface area contributed by atoms with E-state index in [0.29, 0.717) is 8.96 Å². The quantitative estimate of drug-likeness (QED) is 0.394. The molecule has 0 heterocycles. The van der Waals surface area contributed by atoms with E-state index in [1.165, 1.54) is 0 Å². The number of rotatable bonds is 1. The van der Waals surface area contributed by atoms with E-state index in [2.05, 4.69) is 0 Å². The Balaban J connectivity index is 2.55. The molecule has 0 atom stereocenters. The van der Waals surface area contributed by atoms with E-state index < -0.39 is 10.1 Å². The van der Waals surface area contributed by atoms with Crippen molar-refractivity contribution in [1.82, 2.24) is 0 Å². The SMILES string of the molecule is O=S(=O)(O)c1c(I)ccc2cc3ccccc3cc12. The van der Waals surface area contributed by atoms with Crippen LogP contribution in [0.25, 0.3) is 21.5 Å². The molecule has 3 nitrogen and oxygen atoms in total. The standard InChI is InChI=1S/C14H9IO3S/c15-13-6-5-11-7-9-3-1-2-4-10(9)8-12(11)14(13)19(16,17)18/h1-8H,(H,16,17,18). The van der Waals surface area contributed by atoms with Crippen molar-refractivity contribution >= 4 is 54.3 Å². The molecular weight excluding hydrogens is 375 g/mol. The molecule has 0 saturated heterocycles. The second-order valence-electron chi connectivity index (χ2n) is 4.27. The summed E-state index contributed by atoms with van der Waals surface area (Å²) in [4.78, 5) is -0.0173. The molecule has 0 aliphatic carbocycles. The summed E-state index contributed by atoms with van der Waals surface area (Å²) in [6.07, 6.45) is 0. The van der Waals surface area contributed by atoms with Crippen LogP contribution < -0.4 is 0 Å². The molecule has 0 saturated carbocycles. The zero-order valence-corrected chi connectivity index (χ0v) is 12.6. The van der Waals surface area contributed by atoms with E-state index in [1.54, 1.807) is 12.1 Å². The number of halogens is 1. The molecule has 96 valence electrons. The van der Waals surface area contributed by atoms with Gasteiger partial charge in [0.2, 0.25) is 0 Å². The summed E-state index contributed by atoms with van der Waals surface area (Å²) < 4.78 is 33.0. The minimum absolute atomic E-state index is 0.0173. The summed E-state index contributed by atoms with van der Waals surface area (Å²) in [5.41, 5.74) is 0. The number of hydrogen-bond donors (Lipinski definition) is 1. The monoisotopic (exact) mass is 384 g/mol. The molecule has 0 unspecified atom stereocenters. The van der Waals surface area contributed by atoms with Gasteiger partial charge in [-0.15, -0.1) is 0 Å². The van der Waals surface area contributed by atoms with Gasteiger partial charge in [0.25, 0.3) is 10.1 Å². The number of fused-ring (bicyclic) bond motifs is 2.